The molecule has 2 fully saturated rings. The van der Waals surface area contributed by atoms with Gasteiger partial charge in [-0.1, -0.05) is 23.7 Å². The Morgan fingerprint density at radius 2 is 1.76 bits per heavy atom. The van der Waals surface area contributed by atoms with E-state index >= 15 is 0 Å². The molecular weight excluding hydrogens is 566 g/mol. The number of nitrogens with two attached hydrogens (primary N) is 1. The van der Waals surface area contributed by atoms with Crippen molar-refractivity contribution in [2.24, 2.45) is 5.73 Å². The number of hydrogen-bond donors (Lipinski definition) is 1. The lowest BCUT2D eigenvalue weighted by atomic mass is 10.1. The fourth-order valence-corrected chi connectivity index (χ4v) is 7.15. The summed E-state index contributed by atoms with van der Waals surface area (Å²) in [5, 5.41) is 1.96. The van der Waals surface area contributed by atoms with Gasteiger partial charge in [0.1, 0.15) is 12.1 Å². The molecule has 0 bridgehead atoms. The van der Waals surface area contributed by atoms with Gasteiger partial charge in [-0.3, -0.25) is 19.4 Å². The first-order chi connectivity index (χ1) is 19.6. The van der Waals surface area contributed by atoms with E-state index in [1.807, 2.05) is 12.1 Å². The van der Waals surface area contributed by atoms with E-state index in [1.165, 1.54) is 17.0 Å². The summed E-state index contributed by atoms with van der Waals surface area (Å²) in [6.45, 7) is 2.05. The van der Waals surface area contributed by atoms with E-state index in [1.54, 1.807) is 48.5 Å². The number of amides is 3. The van der Waals surface area contributed by atoms with Crippen LogP contribution in [-0.2, 0) is 31.0 Å². The zero-order valence-electron chi connectivity index (χ0n) is 22.6. The number of pyridine rings is 1. The minimum atomic E-state index is -4.20. The highest BCUT2D eigenvalue weighted by atomic mass is 35.5. The molecule has 1 aliphatic heterocycles. The molecule has 2 heterocycles. The van der Waals surface area contributed by atoms with Crippen LogP contribution in [-0.4, -0.2) is 76.4 Å². The van der Waals surface area contributed by atoms with Crippen molar-refractivity contribution in [1.82, 2.24) is 19.1 Å². The number of aromatic nitrogens is 1. The fourth-order valence-electron chi connectivity index (χ4n) is 5.32. The average Bonchev–Trinajstić information content (AvgIpc) is 3.73. The predicted molar refractivity (Wildman–Crippen MR) is 154 cm³/mol. The largest absolute Gasteiger partial charge is 0.370 e. The van der Waals surface area contributed by atoms with Crippen molar-refractivity contribution in [1.29, 1.82) is 0 Å². The third-order valence-electron chi connectivity index (χ3n) is 7.72. The van der Waals surface area contributed by atoms with Crippen LogP contribution in [0.25, 0.3) is 10.8 Å². The molecule has 1 saturated carbocycles. The quantitative estimate of drug-likeness (QED) is 0.361. The van der Waals surface area contributed by atoms with E-state index in [2.05, 4.69) is 4.98 Å². The molecule has 3 aromatic rings. The maximum Gasteiger partial charge on any atom is 0.245 e. The lowest BCUT2D eigenvalue weighted by Crippen LogP contribution is -2.51. The second kappa shape index (κ2) is 11.8. The molecule has 12 heteroatoms. The van der Waals surface area contributed by atoms with E-state index in [9.17, 15) is 22.8 Å². The van der Waals surface area contributed by atoms with Gasteiger partial charge in [0, 0.05) is 49.5 Å². The van der Waals surface area contributed by atoms with Crippen molar-refractivity contribution in [3.05, 3.63) is 71.5 Å². The van der Waals surface area contributed by atoms with Gasteiger partial charge in [-0.15, -0.1) is 0 Å². The maximum atomic E-state index is 13.9. The van der Waals surface area contributed by atoms with Crippen LogP contribution >= 0.6 is 11.6 Å². The number of carbonyl (C=O) groups is 3. The van der Waals surface area contributed by atoms with Crippen molar-refractivity contribution < 1.29 is 22.8 Å². The first kappa shape index (κ1) is 29.0. The van der Waals surface area contributed by atoms with E-state index < -0.39 is 33.9 Å². The number of nitrogens with zero attached hydrogens (tertiary/aromatic N) is 4. The third kappa shape index (κ3) is 6.22. The van der Waals surface area contributed by atoms with Crippen LogP contribution in [0.2, 0.25) is 5.02 Å². The second-order valence-electron chi connectivity index (χ2n) is 10.6. The Hall–Kier alpha value is -3.54. The molecule has 216 valence electrons. The Kier molecular flexibility index (Phi) is 8.30. The van der Waals surface area contributed by atoms with Gasteiger partial charge in [0.25, 0.3) is 0 Å². The van der Waals surface area contributed by atoms with Gasteiger partial charge in [0.05, 0.1) is 4.90 Å². The number of halogens is 1. The van der Waals surface area contributed by atoms with Gasteiger partial charge in [0.2, 0.25) is 27.7 Å². The number of primary amides is 1. The van der Waals surface area contributed by atoms with Crippen LogP contribution in [0.5, 0.6) is 0 Å². The number of benzene rings is 2. The molecule has 1 aliphatic carbocycles. The Bertz CT molecular complexity index is 1580. The van der Waals surface area contributed by atoms with Crippen LogP contribution in [0.3, 0.4) is 0 Å². The average molecular weight is 598 g/mol. The summed E-state index contributed by atoms with van der Waals surface area (Å²) >= 11 is 6.07. The highest BCUT2D eigenvalue weighted by Gasteiger charge is 2.46. The number of hydrogen-bond acceptors (Lipinski definition) is 6. The van der Waals surface area contributed by atoms with Crippen LogP contribution in [0.4, 0.5) is 0 Å². The molecule has 3 amide bonds. The van der Waals surface area contributed by atoms with Crippen molar-refractivity contribution in [2.45, 2.75) is 62.2 Å². The number of carbonyl (C=O) groups excluding carboxylic acids is 3. The molecule has 2 aromatic carbocycles. The summed E-state index contributed by atoms with van der Waals surface area (Å²) in [6, 6.07) is 11.7. The van der Waals surface area contributed by atoms with Gasteiger partial charge < -0.3 is 15.5 Å². The first-order valence-corrected chi connectivity index (χ1v) is 15.4. The molecule has 0 unspecified atom stereocenters. The minimum absolute atomic E-state index is 0.00979. The van der Waals surface area contributed by atoms with Crippen LogP contribution in [0.15, 0.2) is 65.8 Å². The molecule has 2 aliphatic rings. The van der Waals surface area contributed by atoms with E-state index in [0.29, 0.717) is 17.0 Å². The molecule has 0 spiro atoms. The molecule has 2 N–H and O–H groups in total. The standard InChI is InChI=1S/C29H32ClN5O5S/c1-19(28(37)34(24-5-6-24)18-20-8-12-32-13-9-20)33-14-10-26(29(33)38)35(15-11-27(31)36)41(39,40)25-7-3-21-16-23(30)4-2-22(21)17-25/h2-4,7-9,12-13,16-17,19,24,26H,5-6,10-11,14-15,18H2,1H3,(H2,31,36)/t19-,26-/m0/s1. The molecule has 10 nitrogen and oxygen atoms in total. The first-order valence-electron chi connectivity index (χ1n) is 13.6. The molecule has 1 aromatic heterocycles. The van der Waals surface area contributed by atoms with Gasteiger partial charge in [-0.05, 0) is 78.9 Å². The zero-order valence-corrected chi connectivity index (χ0v) is 24.2. The highest BCUT2D eigenvalue weighted by molar-refractivity contribution is 7.89. The van der Waals surface area contributed by atoms with E-state index in [0.717, 1.165) is 28.1 Å². The van der Waals surface area contributed by atoms with Crippen LogP contribution in [0.1, 0.15) is 38.2 Å². The maximum absolute atomic E-state index is 13.9. The van der Waals surface area contributed by atoms with E-state index in [4.69, 9.17) is 17.3 Å². The summed E-state index contributed by atoms with van der Waals surface area (Å²) in [7, 11) is -4.20. The predicted octanol–water partition coefficient (Wildman–Crippen LogP) is 2.93. The Balaban J connectivity index is 1.38. The van der Waals surface area contributed by atoms with Gasteiger partial charge in [-0.25, -0.2) is 8.42 Å². The SMILES string of the molecule is C[C@@H](C(=O)N(Cc1ccncc1)C1CC1)N1CC[C@H](N(CCC(N)=O)S(=O)(=O)c2ccc3cc(Cl)ccc3c2)C1=O. The van der Waals surface area contributed by atoms with Crippen LogP contribution < -0.4 is 5.73 Å². The normalized spacial score (nSPS) is 18.2. The number of fused-ring (bicyclic) bond motifs is 1. The van der Waals surface area contributed by atoms with Crippen molar-refractivity contribution in [2.75, 3.05) is 13.1 Å². The summed E-state index contributed by atoms with van der Waals surface area (Å²) in [5.41, 5.74) is 6.31. The van der Waals surface area contributed by atoms with Gasteiger partial charge in [-0.2, -0.15) is 4.31 Å². The topological polar surface area (TPSA) is 134 Å². The van der Waals surface area contributed by atoms with Crippen molar-refractivity contribution in [3.8, 4) is 0 Å². The summed E-state index contributed by atoms with van der Waals surface area (Å²) in [4.78, 5) is 46.3. The smallest absolute Gasteiger partial charge is 0.245 e. The van der Waals surface area contributed by atoms with Crippen molar-refractivity contribution in [3.63, 3.8) is 0 Å². The molecular formula is C29H32ClN5O5S. The minimum Gasteiger partial charge on any atom is -0.370 e. The number of sulfonamides is 1. The van der Waals surface area contributed by atoms with Gasteiger partial charge >= 0.3 is 0 Å². The molecule has 2 atom stereocenters. The fraction of sp³-hybridized carbons (Fsp3) is 0.379. The summed E-state index contributed by atoms with van der Waals surface area (Å²) < 4.78 is 28.9. The van der Waals surface area contributed by atoms with Crippen LogP contribution in [0, 0.1) is 0 Å². The Morgan fingerprint density at radius 3 is 2.44 bits per heavy atom. The lowest BCUT2D eigenvalue weighted by molar-refractivity contribution is -0.144. The molecule has 0 radical (unpaired) electrons. The number of rotatable bonds is 11. The second-order valence-corrected chi connectivity index (χ2v) is 12.9. The third-order valence-corrected chi connectivity index (χ3v) is 9.86. The highest BCUT2D eigenvalue weighted by Crippen LogP contribution is 2.32. The Morgan fingerprint density at radius 1 is 1.07 bits per heavy atom. The molecule has 5 rings (SSSR count). The van der Waals surface area contributed by atoms with Gasteiger partial charge in [0.15, 0.2) is 0 Å². The lowest BCUT2D eigenvalue weighted by Gasteiger charge is -2.32. The number of likely N-dealkylation sites (tertiary alicyclic amines) is 1. The zero-order chi connectivity index (χ0) is 29.3. The van der Waals surface area contributed by atoms with Crippen molar-refractivity contribution >= 4 is 50.1 Å². The monoisotopic (exact) mass is 597 g/mol. The molecule has 1 saturated heterocycles. The summed E-state index contributed by atoms with van der Waals surface area (Å²) in [5.74, 6) is -1.33. The molecule has 41 heavy (non-hydrogen) atoms. The van der Waals surface area contributed by atoms with E-state index in [-0.39, 0.29) is 42.8 Å². The summed E-state index contributed by atoms with van der Waals surface area (Å²) in [6.07, 6.45) is 5.09. The Labute approximate surface area is 244 Å².